The lowest BCUT2D eigenvalue weighted by Crippen LogP contribution is -2.53. The molecule has 0 spiro atoms. The minimum absolute atomic E-state index is 0.0695. The van der Waals surface area contributed by atoms with Crippen LogP contribution in [0.3, 0.4) is 0 Å². The van der Waals surface area contributed by atoms with E-state index in [1.54, 1.807) is 24.3 Å². The number of imide groups is 2. The van der Waals surface area contributed by atoms with Crippen molar-refractivity contribution in [1.29, 1.82) is 0 Å². The van der Waals surface area contributed by atoms with Crippen molar-refractivity contribution in [3.05, 3.63) is 119 Å². The molecule has 4 N–H and O–H groups in total. The van der Waals surface area contributed by atoms with Crippen LogP contribution in [0.5, 0.6) is 17.2 Å². The molecular formula is C41H38BN3O9. The van der Waals surface area contributed by atoms with Gasteiger partial charge < -0.3 is 24.6 Å². The lowest BCUT2D eigenvalue weighted by atomic mass is 9.49. The summed E-state index contributed by atoms with van der Waals surface area (Å²) in [5.41, 5.74) is 5.02. The molecule has 0 radical (unpaired) electrons. The van der Waals surface area contributed by atoms with Crippen molar-refractivity contribution in [1.82, 2.24) is 5.01 Å². The first kappa shape index (κ1) is 35.1. The molecule has 1 saturated carbocycles. The molecule has 8 rings (SSSR count). The van der Waals surface area contributed by atoms with Crippen molar-refractivity contribution >= 4 is 47.6 Å². The van der Waals surface area contributed by atoms with Crippen LogP contribution in [0.1, 0.15) is 35.4 Å². The van der Waals surface area contributed by atoms with Crippen LogP contribution < -0.4 is 25.3 Å². The Morgan fingerprint density at radius 1 is 0.815 bits per heavy atom. The zero-order chi connectivity index (χ0) is 38.1. The van der Waals surface area contributed by atoms with E-state index in [0.29, 0.717) is 22.4 Å². The second kappa shape index (κ2) is 13.2. The molecule has 4 aromatic rings. The topological polar surface area (TPSA) is 166 Å². The highest BCUT2D eigenvalue weighted by atomic mass is 16.5. The number of methoxy groups -OCH3 is 2. The normalized spacial score (nSPS) is 25.9. The van der Waals surface area contributed by atoms with Crippen molar-refractivity contribution in [3.63, 3.8) is 0 Å². The number of phenols is 1. The van der Waals surface area contributed by atoms with Crippen LogP contribution in [0.2, 0.25) is 0 Å². The molecule has 2 aliphatic heterocycles. The number of aryl methyl sites for hydroxylation is 1. The molecule has 4 aromatic carbocycles. The Bertz CT molecular complexity index is 2200. The number of amides is 4. The van der Waals surface area contributed by atoms with Gasteiger partial charge in [-0.15, -0.1) is 0 Å². The summed E-state index contributed by atoms with van der Waals surface area (Å²) in [5.74, 6) is -5.94. The number of hydrazine groups is 1. The fourth-order valence-electron chi connectivity index (χ4n) is 9.35. The Morgan fingerprint density at radius 2 is 1.50 bits per heavy atom. The quantitative estimate of drug-likeness (QED) is 0.120. The molecule has 6 unspecified atom stereocenters. The molecule has 6 atom stereocenters. The van der Waals surface area contributed by atoms with E-state index in [1.807, 2.05) is 55.5 Å². The highest BCUT2D eigenvalue weighted by molar-refractivity contribution is 6.58. The maximum absolute atomic E-state index is 15.5. The van der Waals surface area contributed by atoms with Crippen LogP contribution in [0.4, 0.5) is 11.4 Å². The third-order valence-corrected chi connectivity index (χ3v) is 11.6. The van der Waals surface area contributed by atoms with E-state index < -0.39 is 65.8 Å². The number of nitrogens with zero attached hydrogens (tertiary/aromatic N) is 2. The highest BCUT2D eigenvalue weighted by Crippen LogP contribution is 2.66. The van der Waals surface area contributed by atoms with E-state index >= 15 is 4.79 Å². The lowest BCUT2D eigenvalue weighted by molar-refractivity contribution is -0.138. The number of fused-ring (bicyclic) bond motifs is 4. The number of hydrogen-bond acceptors (Lipinski definition) is 10. The van der Waals surface area contributed by atoms with Crippen molar-refractivity contribution in [3.8, 4) is 17.2 Å². The van der Waals surface area contributed by atoms with Gasteiger partial charge in [-0.2, -0.15) is 5.01 Å². The van der Waals surface area contributed by atoms with E-state index in [4.69, 9.17) is 9.47 Å². The van der Waals surface area contributed by atoms with Crippen LogP contribution in [0.15, 0.2) is 103 Å². The van der Waals surface area contributed by atoms with E-state index in [2.05, 4.69) is 5.43 Å². The van der Waals surface area contributed by atoms with Gasteiger partial charge in [-0.3, -0.25) is 29.5 Å². The number of phenolic OH excluding ortho intramolecular Hbond substituents is 1. The Labute approximate surface area is 311 Å². The third-order valence-electron chi connectivity index (χ3n) is 11.6. The van der Waals surface area contributed by atoms with Crippen molar-refractivity contribution < 1.29 is 43.8 Å². The van der Waals surface area contributed by atoms with Gasteiger partial charge in [-0.1, -0.05) is 71.8 Å². The van der Waals surface area contributed by atoms with E-state index in [-0.39, 0.29) is 41.2 Å². The molecule has 2 saturated heterocycles. The van der Waals surface area contributed by atoms with Crippen molar-refractivity contribution in [2.75, 3.05) is 24.5 Å². The number of anilines is 2. The summed E-state index contributed by atoms with van der Waals surface area (Å²) < 4.78 is 11.8. The fourth-order valence-corrected chi connectivity index (χ4v) is 9.35. The molecule has 13 heteroatoms. The zero-order valence-electron chi connectivity index (χ0n) is 29.8. The predicted molar refractivity (Wildman–Crippen MR) is 199 cm³/mol. The number of carbonyl (C=O) groups excluding carboxylic acids is 4. The van der Waals surface area contributed by atoms with Crippen LogP contribution >= 0.6 is 0 Å². The minimum atomic E-state index is -1.81. The summed E-state index contributed by atoms with van der Waals surface area (Å²) >= 11 is 0. The summed E-state index contributed by atoms with van der Waals surface area (Å²) in [4.78, 5) is 60.3. The summed E-state index contributed by atoms with van der Waals surface area (Å²) in [6, 6.07) is 25.2. The van der Waals surface area contributed by atoms with Gasteiger partial charge in [0.2, 0.25) is 11.8 Å². The van der Waals surface area contributed by atoms with Crippen molar-refractivity contribution in [2.24, 2.45) is 23.7 Å². The van der Waals surface area contributed by atoms with Crippen molar-refractivity contribution in [2.45, 2.75) is 31.1 Å². The number of benzene rings is 4. The zero-order valence-corrected chi connectivity index (χ0v) is 29.8. The number of rotatable bonds is 8. The predicted octanol–water partition coefficient (Wildman–Crippen LogP) is 3.59. The smallest absolute Gasteiger partial charge is 0.488 e. The fraction of sp³-hybridized carbons (Fsp3) is 0.268. The molecule has 274 valence electrons. The minimum Gasteiger partial charge on any atom is -0.508 e. The largest absolute Gasteiger partial charge is 0.508 e. The van der Waals surface area contributed by atoms with Gasteiger partial charge in [-0.05, 0) is 61.0 Å². The van der Waals surface area contributed by atoms with E-state index in [1.165, 1.54) is 38.5 Å². The van der Waals surface area contributed by atoms with Gasteiger partial charge in [-0.25, -0.2) is 0 Å². The number of nitrogens with one attached hydrogen (secondary N) is 1. The number of ether oxygens (including phenoxy) is 2. The lowest BCUT2D eigenvalue weighted by Gasteiger charge is -2.51. The molecular weight excluding hydrogens is 689 g/mol. The monoisotopic (exact) mass is 727 g/mol. The summed E-state index contributed by atoms with van der Waals surface area (Å²) in [6.07, 6.45) is 2.15. The van der Waals surface area contributed by atoms with E-state index in [9.17, 15) is 29.5 Å². The second-order valence-electron chi connectivity index (χ2n) is 14.3. The average molecular weight is 728 g/mol. The molecule has 3 fully saturated rings. The van der Waals surface area contributed by atoms with Gasteiger partial charge in [0.15, 0.2) is 0 Å². The van der Waals surface area contributed by atoms with Gasteiger partial charge in [0.1, 0.15) is 17.2 Å². The molecule has 0 aromatic heterocycles. The van der Waals surface area contributed by atoms with Crippen LogP contribution in [-0.4, -0.2) is 65.1 Å². The Hall–Kier alpha value is -5.92. The number of carbonyl (C=O) groups is 4. The second-order valence-corrected chi connectivity index (χ2v) is 14.3. The van der Waals surface area contributed by atoms with Gasteiger partial charge in [0.05, 0.1) is 48.8 Å². The highest BCUT2D eigenvalue weighted by Gasteiger charge is 2.71. The molecule has 4 amide bonds. The standard InChI is InChI=1S/C41H38BN3O9/c1-22-12-14-25(15-13-22)43-45-38(48)31-21-30-28(16-17-29-34(30)39(49)44(37(29)47)26-11-7-10-24(18-26)42(51)52)36(35-32(53-2)19-27(46)20-33(35)54-3)41(31,40(45)50)23-8-5-4-6-9-23/h4-16,18-20,29-31,34,36,43,46,51-52H,17,21H2,1-3H3. The first-order valence-corrected chi connectivity index (χ1v) is 17.8. The van der Waals surface area contributed by atoms with Crippen LogP contribution in [0.25, 0.3) is 0 Å². The van der Waals surface area contributed by atoms with Crippen LogP contribution in [-0.2, 0) is 24.6 Å². The molecule has 54 heavy (non-hydrogen) atoms. The van der Waals surface area contributed by atoms with Gasteiger partial charge >= 0.3 is 7.12 Å². The first-order chi connectivity index (χ1) is 26.0. The maximum atomic E-state index is 15.5. The van der Waals surface area contributed by atoms with Gasteiger partial charge in [0, 0.05) is 23.6 Å². The third kappa shape index (κ3) is 5.13. The molecule has 0 bridgehead atoms. The SMILES string of the molecule is COc1cc(O)cc(OC)c1C1C2=CCC3C(=O)N(c4cccc(B(O)O)c4)C(=O)C3C2CC2C(=O)N(Nc3ccc(C)cc3)C(=O)C21c1ccccc1. The Morgan fingerprint density at radius 3 is 2.15 bits per heavy atom. The Kier molecular flexibility index (Phi) is 8.58. The average Bonchev–Trinajstić information content (AvgIpc) is 3.56. The molecule has 2 aliphatic carbocycles. The number of allylic oxidation sites excluding steroid dienone is 2. The van der Waals surface area contributed by atoms with Crippen LogP contribution in [0, 0.1) is 30.6 Å². The summed E-state index contributed by atoms with van der Waals surface area (Å²) in [6.45, 7) is 1.93. The number of aromatic hydroxyl groups is 1. The summed E-state index contributed by atoms with van der Waals surface area (Å²) in [7, 11) is 1.07. The summed E-state index contributed by atoms with van der Waals surface area (Å²) in [5, 5.41) is 31.5. The number of hydrogen-bond donors (Lipinski definition) is 4. The molecule has 12 nitrogen and oxygen atoms in total. The first-order valence-electron chi connectivity index (χ1n) is 17.8. The Balaban J connectivity index is 1.35. The van der Waals surface area contributed by atoms with Gasteiger partial charge in [0.25, 0.3) is 11.8 Å². The maximum Gasteiger partial charge on any atom is 0.488 e. The van der Waals surface area contributed by atoms with E-state index in [0.717, 1.165) is 15.5 Å². The molecule has 4 aliphatic rings. The molecule has 2 heterocycles.